The molecule has 0 aliphatic carbocycles. The van der Waals surface area contributed by atoms with Gasteiger partial charge < -0.3 is 4.90 Å². The lowest BCUT2D eigenvalue weighted by Crippen LogP contribution is -2.30. The van der Waals surface area contributed by atoms with Gasteiger partial charge in [-0.05, 0) is 30.0 Å². The minimum absolute atomic E-state index is 0.581. The maximum atomic E-state index is 12.1. The van der Waals surface area contributed by atoms with Gasteiger partial charge in [0.15, 0.2) is 0 Å². The molecule has 16 heavy (non-hydrogen) atoms. The highest BCUT2D eigenvalue weighted by atomic mass is 32.2. The Balaban J connectivity index is 2.66. The Labute approximate surface area is 97.6 Å². The smallest absolute Gasteiger partial charge is 0.366 e. The number of hydrogen-bond acceptors (Lipinski definition) is 2. The quantitative estimate of drug-likeness (QED) is 0.747. The van der Waals surface area contributed by atoms with Gasteiger partial charge in [-0.3, -0.25) is 0 Å². The number of halogens is 3. The second-order valence-electron chi connectivity index (χ2n) is 3.40. The van der Waals surface area contributed by atoms with Crippen molar-refractivity contribution in [3.05, 3.63) is 24.3 Å². The van der Waals surface area contributed by atoms with Crippen molar-refractivity contribution < 1.29 is 13.2 Å². The topological polar surface area (TPSA) is 3.24 Å². The van der Waals surface area contributed by atoms with Crippen molar-refractivity contribution in [2.24, 2.45) is 0 Å². The van der Waals surface area contributed by atoms with Crippen molar-refractivity contribution in [1.82, 2.24) is 0 Å². The lowest BCUT2D eigenvalue weighted by Gasteiger charge is -2.21. The summed E-state index contributed by atoms with van der Waals surface area (Å²) in [4.78, 5) is 2.27. The Kier molecular flexibility index (Phi) is 4.53. The Hall–Kier alpha value is -0.840. The maximum absolute atomic E-state index is 12.1. The third-order valence-corrected chi connectivity index (χ3v) is 2.90. The predicted octanol–water partition coefficient (Wildman–Crippen LogP) is 3.80. The van der Waals surface area contributed by atoms with E-state index >= 15 is 0 Å². The number of thioether (sulfide) groups is 1. The minimum Gasteiger partial charge on any atom is -0.366 e. The molecule has 0 saturated carbocycles. The Morgan fingerprint density at radius 3 is 2.19 bits per heavy atom. The molecule has 0 radical (unpaired) electrons. The molecule has 0 aliphatic heterocycles. The fourth-order valence-electron chi connectivity index (χ4n) is 1.32. The first-order chi connectivity index (χ1) is 7.42. The zero-order valence-corrected chi connectivity index (χ0v) is 10.0. The molecule has 0 bridgehead atoms. The van der Waals surface area contributed by atoms with Crippen molar-refractivity contribution >= 4 is 17.4 Å². The molecule has 0 saturated heterocycles. The summed E-state index contributed by atoms with van der Waals surface area (Å²) in [6.45, 7) is 1.11. The maximum Gasteiger partial charge on any atom is 0.405 e. The largest absolute Gasteiger partial charge is 0.405 e. The summed E-state index contributed by atoms with van der Waals surface area (Å²) in [6, 6.07) is 7.11. The van der Waals surface area contributed by atoms with Gasteiger partial charge in [0.2, 0.25) is 0 Å². The van der Waals surface area contributed by atoms with E-state index in [1.54, 1.807) is 23.9 Å². The third kappa shape index (κ3) is 4.35. The van der Waals surface area contributed by atoms with Crippen LogP contribution in [0.1, 0.15) is 6.92 Å². The van der Waals surface area contributed by atoms with E-state index in [-0.39, 0.29) is 0 Å². The molecule has 0 fully saturated rings. The van der Waals surface area contributed by atoms with Crippen molar-refractivity contribution in [2.45, 2.75) is 18.0 Å². The van der Waals surface area contributed by atoms with Crippen LogP contribution in [0.4, 0.5) is 18.9 Å². The van der Waals surface area contributed by atoms with Gasteiger partial charge in [0, 0.05) is 17.6 Å². The summed E-state index contributed by atoms with van der Waals surface area (Å²) >= 11 is 1.67. The summed E-state index contributed by atoms with van der Waals surface area (Å²) in [6.07, 6.45) is -4.16. The van der Waals surface area contributed by atoms with Gasteiger partial charge in [0.1, 0.15) is 6.54 Å². The van der Waals surface area contributed by atoms with E-state index in [0.717, 1.165) is 10.6 Å². The van der Waals surface area contributed by atoms with E-state index in [4.69, 9.17) is 0 Å². The third-order valence-electron chi connectivity index (χ3n) is 2.00. The lowest BCUT2D eigenvalue weighted by molar-refractivity contribution is -0.119. The first-order valence-corrected chi connectivity index (χ1v) is 5.91. The number of rotatable bonds is 4. The second-order valence-corrected chi connectivity index (χ2v) is 4.74. The molecule has 0 amide bonds. The van der Waals surface area contributed by atoms with E-state index in [9.17, 15) is 13.2 Å². The van der Waals surface area contributed by atoms with Gasteiger partial charge in [-0.1, -0.05) is 6.92 Å². The fourth-order valence-corrected chi connectivity index (χ4v) is 1.99. The highest BCUT2D eigenvalue weighted by molar-refractivity contribution is 7.99. The molecule has 0 atom stereocenters. The Bertz CT molecular complexity index is 321. The molecule has 0 unspecified atom stereocenters. The van der Waals surface area contributed by atoms with Crippen LogP contribution in [0.25, 0.3) is 0 Å². The van der Waals surface area contributed by atoms with Gasteiger partial charge in [0.25, 0.3) is 0 Å². The summed E-state index contributed by atoms with van der Waals surface area (Å²) in [5, 5.41) is 0. The van der Waals surface area contributed by atoms with E-state index < -0.39 is 12.7 Å². The van der Waals surface area contributed by atoms with Crippen LogP contribution in [-0.2, 0) is 0 Å². The van der Waals surface area contributed by atoms with E-state index in [2.05, 4.69) is 0 Å². The molecule has 1 nitrogen and oxygen atoms in total. The van der Waals surface area contributed by atoms with Gasteiger partial charge in [-0.25, -0.2) is 0 Å². The average Bonchev–Trinajstić information content (AvgIpc) is 2.16. The van der Waals surface area contributed by atoms with Crippen LogP contribution in [0.5, 0.6) is 0 Å². The van der Waals surface area contributed by atoms with Gasteiger partial charge in [-0.15, -0.1) is 11.8 Å². The van der Waals surface area contributed by atoms with Crippen molar-refractivity contribution in [3.63, 3.8) is 0 Å². The lowest BCUT2D eigenvalue weighted by atomic mass is 10.3. The highest BCUT2D eigenvalue weighted by Crippen LogP contribution is 2.24. The van der Waals surface area contributed by atoms with E-state index in [1.807, 2.05) is 19.1 Å². The second kappa shape index (κ2) is 5.48. The fraction of sp³-hybridized carbons (Fsp3) is 0.455. The number of hydrogen-bond donors (Lipinski definition) is 0. The van der Waals surface area contributed by atoms with Gasteiger partial charge in [0.05, 0.1) is 0 Å². The van der Waals surface area contributed by atoms with Crippen LogP contribution in [0.15, 0.2) is 29.2 Å². The SMILES string of the molecule is CCSc1ccc(N(C)CC(F)(F)F)cc1. The zero-order chi connectivity index (χ0) is 12.2. The minimum atomic E-state index is -4.16. The first kappa shape index (κ1) is 13.2. The number of benzene rings is 1. The molecule has 1 rings (SSSR count). The van der Waals surface area contributed by atoms with Crippen LogP contribution < -0.4 is 4.90 Å². The number of anilines is 1. The van der Waals surface area contributed by atoms with Crippen molar-refractivity contribution in [3.8, 4) is 0 Å². The van der Waals surface area contributed by atoms with Crippen LogP contribution in [0.2, 0.25) is 0 Å². The zero-order valence-electron chi connectivity index (χ0n) is 9.21. The van der Waals surface area contributed by atoms with Gasteiger partial charge in [-0.2, -0.15) is 13.2 Å². The molecular weight excluding hydrogens is 235 g/mol. The Morgan fingerprint density at radius 2 is 1.75 bits per heavy atom. The molecule has 0 aromatic heterocycles. The molecule has 0 heterocycles. The predicted molar refractivity (Wildman–Crippen MR) is 62.2 cm³/mol. The number of nitrogens with zero attached hydrogens (tertiary/aromatic N) is 1. The molecule has 90 valence electrons. The molecule has 0 spiro atoms. The van der Waals surface area contributed by atoms with Crippen molar-refractivity contribution in [2.75, 3.05) is 24.2 Å². The Morgan fingerprint density at radius 1 is 1.19 bits per heavy atom. The molecule has 5 heteroatoms. The van der Waals surface area contributed by atoms with Crippen LogP contribution in [-0.4, -0.2) is 25.5 Å². The molecule has 1 aromatic rings. The summed E-state index contributed by atoms with van der Waals surface area (Å²) in [5.74, 6) is 0.956. The van der Waals surface area contributed by atoms with Crippen LogP contribution in [0.3, 0.4) is 0 Å². The van der Waals surface area contributed by atoms with Crippen molar-refractivity contribution in [1.29, 1.82) is 0 Å². The standard InChI is InChI=1S/C11H14F3NS/c1-3-16-10-6-4-9(5-7-10)15(2)8-11(12,13)14/h4-7H,3,8H2,1-2H3. The summed E-state index contributed by atoms with van der Waals surface area (Å²) in [5.41, 5.74) is 0.581. The number of alkyl halides is 3. The monoisotopic (exact) mass is 249 g/mol. The molecular formula is C11H14F3NS. The molecule has 1 aromatic carbocycles. The van der Waals surface area contributed by atoms with Gasteiger partial charge >= 0.3 is 6.18 Å². The van der Waals surface area contributed by atoms with Crippen LogP contribution >= 0.6 is 11.8 Å². The first-order valence-electron chi connectivity index (χ1n) is 4.93. The molecule has 0 aliphatic rings. The normalized spacial score (nSPS) is 11.6. The van der Waals surface area contributed by atoms with Crippen LogP contribution in [0, 0.1) is 0 Å². The highest BCUT2D eigenvalue weighted by Gasteiger charge is 2.29. The van der Waals surface area contributed by atoms with E-state index in [1.165, 1.54) is 11.9 Å². The molecule has 0 N–H and O–H groups in total. The summed E-state index contributed by atoms with van der Waals surface area (Å²) < 4.78 is 36.4. The van der Waals surface area contributed by atoms with E-state index in [0.29, 0.717) is 5.69 Å². The summed E-state index contributed by atoms with van der Waals surface area (Å²) in [7, 11) is 1.44. The average molecular weight is 249 g/mol.